The highest BCUT2D eigenvalue weighted by Gasteiger charge is 2.29. The maximum Gasteiger partial charge on any atom is 0.326 e. The van der Waals surface area contributed by atoms with E-state index < -0.39 is 41.8 Å². The molecule has 0 aliphatic rings. The van der Waals surface area contributed by atoms with E-state index in [-0.39, 0.29) is 31.4 Å². The number of hydrogen-bond donors (Lipinski definition) is 7. The van der Waals surface area contributed by atoms with Gasteiger partial charge in [-0.25, -0.2) is 4.79 Å². The third-order valence-electron chi connectivity index (χ3n) is 3.76. The Morgan fingerprint density at radius 1 is 1.00 bits per heavy atom. The van der Waals surface area contributed by atoms with Gasteiger partial charge in [-0.15, -0.1) is 0 Å². The zero-order valence-electron chi connectivity index (χ0n) is 16.4. The van der Waals surface area contributed by atoms with Crippen LogP contribution in [-0.4, -0.2) is 66.0 Å². The third-order valence-corrected chi connectivity index (χ3v) is 3.76. The number of aliphatic carboxylic acids is 1. The second-order valence-electron chi connectivity index (χ2n) is 6.57. The SMILES string of the molecule is CC(NC(=O)CN)C(=O)NC(CCCN=C(N)N)C(=O)NC(C(=O)O)C(C)C. The highest BCUT2D eigenvalue weighted by Crippen LogP contribution is 2.05. The number of carboxylic acids is 1. The van der Waals surface area contributed by atoms with Gasteiger partial charge in [0.1, 0.15) is 18.1 Å². The fourth-order valence-corrected chi connectivity index (χ4v) is 2.20. The molecule has 0 aromatic carbocycles. The first-order valence-electron chi connectivity index (χ1n) is 8.87. The second-order valence-corrected chi connectivity index (χ2v) is 6.57. The van der Waals surface area contributed by atoms with Gasteiger partial charge in [0.05, 0.1) is 6.54 Å². The van der Waals surface area contributed by atoms with E-state index in [1.807, 2.05) is 0 Å². The Morgan fingerprint density at radius 2 is 1.61 bits per heavy atom. The summed E-state index contributed by atoms with van der Waals surface area (Å²) in [5.41, 5.74) is 15.7. The van der Waals surface area contributed by atoms with Gasteiger partial charge in [0.25, 0.3) is 0 Å². The van der Waals surface area contributed by atoms with Crippen LogP contribution in [0.3, 0.4) is 0 Å². The Balaban J connectivity index is 5.14. The molecule has 3 unspecified atom stereocenters. The smallest absolute Gasteiger partial charge is 0.326 e. The molecule has 0 aromatic heterocycles. The van der Waals surface area contributed by atoms with Crippen LogP contribution in [0.1, 0.15) is 33.6 Å². The van der Waals surface area contributed by atoms with E-state index in [1.165, 1.54) is 6.92 Å². The standard InChI is InChI=1S/C16H31N7O5/c1-8(2)12(15(27)28)23-14(26)10(5-4-6-20-16(18)19)22-13(25)9(3)21-11(24)7-17/h8-10,12H,4-7,17H2,1-3H3,(H,21,24)(H,22,25)(H,23,26)(H,27,28)(H4,18,19,20). The summed E-state index contributed by atoms with van der Waals surface area (Å²) in [6.07, 6.45) is 0.523. The van der Waals surface area contributed by atoms with Gasteiger partial charge in [-0.2, -0.15) is 0 Å². The minimum atomic E-state index is -1.18. The van der Waals surface area contributed by atoms with Crippen LogP contribution in [0, 0.1) is 5.92 Å². The maximum atomic E-state index is 12.5. The van der Waals surface area contributed by atoms with Crippen molar-refractivity contribution in [2.24, 2.45) is 28.1 Å². The molecule has 10 N–H and O–H groups in total. The molecule has 28 heavy (non-hydrogen) atoms. The number of hydrogen-bond acceptors (Lipinski definition) is 6. The van der Waals surface area contributed by atoms with E-state index in [1.54, 1.807) is 13.8 Å². The number of rotatable bonds is 12. The van der Waals surface area contributed by atoms with Gasteiger partial charge in [0.2, 0.25) is 17.7 Å². The molecule has 0 rings (SSSR count). The molecule has 0 heterocycles. The van der Waals surface area contributed by atoms with E-state index in [4.69, 9.17) is 17.2 Å². The van der Waals surface area contributed by atoms with Crippen molar-refractivity contribution in [2.75, 3.05) is 13.1 Å². The zero-order chi connectivity index (χ0) is 21.9. The van der Waals surface area contributed by atoms with Gasteiger partial charge in [-0.05, 0) is 25.7 Å². The Bertz CT molecular complexity index is 590. The van der Waals surface area contributed by atoms with Crippen LogP contribution in [0.4, 0.5) is 0 Å². The van der Waals surface area contributed by atoms with E-state index >= 15 is 0 Å². The van der Waals surface area contributed by atoms with Gasteiger partial charge >= 0.3 is 5.97 Å². The number of nitrogens with zero attached hydrogens (tertiary/aromatic N) is 1. The van der Waals surface area contributed by atoms with Crippen molar-refractivity contribution in [2.45, 2.75) is 51.7 Å². The molecule has 12 heteroatoms. The number of carboxylic acid groups (broad SMARTS) is 1. The summed E-state index contributed by atoms with van der Waals surface area (Å²) in [7, 11) is 0. The van der Waals surface area contributed by atoms with Crippen LogP contribution in [0.25, 0.3) is 0 Å². The number of nitrogens with two attached hydrogens (primary N) is 3. The molecule has 0 bridgehead atoms. The molecule has 160 valence electrons. The zero-order valence-corrected chi connectivity index (χ0v) is 16.4. The fraction of sp³-hybridized carbons (Fsp3) is 0.688. The Kier molecular flexibility index (Phi) is 11.2. The van der Waals surface area contributed by atoms with Crippen LogP contribution in [-0.2, 0) is 19.2 Å². The van der Waals surface area contributed by atoms with E-state index in [0.29, 0.717) is 6.42 Å². The monoisotopic (exact) mass is 401 g/mol. The first-order valence-corrected chi connectivity index (χ1v) is 8.87. The van der Waals surface area contributed by atoms with Crippen molar-refractivity contribution < 1.29 is 24.3 Å². The molecular formula is C16H31N7O5. The van der Waals surface area contributed by atoms with Crippen LogP contribution in [0.5, 0.6) is 0 Å². The van der Waals surface area contributed by atoms with E-state index in [0.717, 1.165) is 0 Å². The lowest BCUT2D eigenvalue weighted by Crippen LogP contribution is -2.56. The number of nitrogens with one attached hydrogen (secondary N) is 3. The van der Waals surface area contributed by atoms with Crippen molar-refractivity contribution in [3.63, 3.8) is 0 Å². The molecule has 0 aliphatic carbocycles. The minimum Gasteiger partial charge on any atom is -0.480 e. The van der Waals surface area contributed by atoms with Crippen molar-refractivity contribution in [3.05, 3.63) is 0 Å². The van der Waals surface area contributed by atoms with Crippen molar-refractivity contribution in [1.82, 2.24) is 16.0 Å². The Morgan fingerprint density at radius 3 is 2.07 bits per heavy atom. The normalized spacial score (nSPS) is 13.8. The third kappa shape index (κ3) is 9.71. The largest absolute Gasteiger partial charge is 0.480 e. The van der Waals surface area contributed by atoms with Gasteiger partial charge in [-0.3, -0.25) is 19.4 Å². The van der Waals surface area contributed by atoms with Crippen molar-refractivity contribution in [1.29, 1.82) is 0 Å². The molecule has 0 fully saturated rings. The lowest BCUT2D eigenvalue weighted by Gasteiger charge is -2.24. The topological polar surface area (TPSA) is 215 Å². The van der Waals surface area contributed by atoms with Gasteiger partial charge < -0.3 is 38.3 Å². The quantitative estimate of drug-likeness (QED) is 0.103. The Hall–Kier alpha value is -2.89. The van der Waals surface area contributed by atoms with Crippen LogP contribution < -0.4 is 33.2 Å². The number of aliphatic imine (C=N–C) groups is 1. The average molecular weight is 401 g/mol. The summed E-state index contributed by atoms with van der Waals surface area (Å²) in [5.74, 6) is -3.44. The molecule has 0 aliphatic heterocycles. The molecule has 3 atom stereocenters. The molecule has 0 saturated heterocycles. The molecule has 12 nitrogen and oxygen atoms in total. The summed E-state index contributed by atoms with van der Waals surface area (Å²) >= 11 is 0. The van der Waals surface area contributed by atoms with Gasteiger partial charge in [0, 0.05) is 6.54 Å². The maximum absolute atomic E-state index is 12.5. The number of carbonyl (C=O) groups excluding carboxylic acids is 3. The Labute approximate surface area is 163 Å². The minimum absolute atomic E-state index is 0.103. The molecule has 0 aromatic rings. The lowest BCUT2D eigenvalue weighted by atomic mass is 10.0. The summed E-state index contributed by atoms with van der Waals surface area (Å²) < 4.78 is 0. The van der Waals surface area contributed by atoms with Crippen LogP contribution in [0.2, 0.25) is 0 Å². The number of carbonyl (C=O) groups is 4. The fourth-order valence-electron chi connectivity index (χ4n) is 2.20. The summed E-state index contributed by atoms with van der Waals surface area (Å²) in [6.45, 7) is 4.68. The molecule has 0 radical (unpaired) electrons. The highest BCUT2D eigenvalue weighted by molar-refractivity contribution is 5.93. The van der Waals surface area contributed by atoms with Crippen LogP contribution >= 0.6 is 0 Å². The van der Waals surface area contributed by atoms with Crippen molar-refractivity contribution >= 4 is 29.7 Å². The first kappa shape index (κ1) is 25.1. The van der Waals surface area contributed by atoms with Crippen molar-refractivity contribution in [3.8, 4) is 0 Å². The lowest BCUT2D eigenvalue weighted by molar-refractivity contribution is -0.143. The predicted molar refractivity (Wildman–Crippen MR) is 103 cm³/mol. The summed E-state index contributed by atoms with van der Waals surface area (Å²) in [4.78, 5) is 51.2. The van der Waals surface area contributed by atoms with Gasteiger partial charge in [-0.1, -0.05) is 13.8 Å². The first-order chi connectivity index (χ1) is 13.0. The number of amides is 3. The molecule has 0 spiro atoms. The van der Waals surface area contributed by atoms with E-state index in [2.05, 4.69) is 20.9 Å². The predicted octanol–water partition coefficient (Wildman–Crippen LogP) is -2.79. The van der Waals surface area contributed by atoms with Gasteiger partial charge in [0.15, 0.2) is 5.96 Å². The number of guanidine groups is 1. The average Bonchev–Trinajstić information content (AvgIpc) is 2.60. The molecule has 0 saturated carbocycles. The summed E-state index contributed by atoms with van der Waals surface area (Å²) in [5, 5.41) is 16.5. The molecular weight excluding hydrogens is 370 g/mol. The van der Waals surface area contributed by atoms with Crippen LogP contribution in [0.15, 0.2) is 4.99 Å². The molecule has 3 amide bonds. The summed E-state index contributed by atoms with van der Waals surface area (Å²) in [6, 6.07) is -3.07. The second kappa shape index (κ2) is 12.5. The van der Waals surface area contributed by atoms with E-state index in [9.17, 15) is 24.3 Å². The highest BCUT2D eigenvalue weighted by atomic mass is 16.4.